The predicted molar refractivity (Wildman–Crippen MR) is 101 cm³/mol. The largest absolute Gasteiger partial charge is 0.358 e. The molecule has 0 bridgehead atoms. The molecule has 0 aliphatic carbocycles. The molecule has 0 radical (unpaired) electrons. The fourth-order valence-electron chi connectivity index (χ4n) is 2.97. The number of nitrogens with one attached hydrogen (secondary N) is 1. The zero-order chi connectivity index (χ0) is 18.7. The summed E-state index contributed by atoms with van der Waals surface area (Å²) in [6.45, 7) is 2.80. The lowest BCUT2D eigenvalue weighted by Gasteiger charge is -2.22. The van der Waals surface area contributed by atoms with Crippen LogP contribution in [-0.2, 0) is 14.8 Å². The summed E-state index contributed by atoms with van der Waals surface area (Å²) >= 11 is 0. The van der Waals surface area contributed by atoms with E-state index >= 15 is 0 Å². The number of anilines is 2. The number of hydrogen-bond donors (Lipinski definition) is 1. The number of aromatic nitrogens is 1. The van der Waals surface area contributed by atoms with Crippen LogP contribution < -0.4 is 9.62 Å². The van der Waals surface area contributed by atoms with Crippen molar-refractivity contribution in [3.8, 4) is 0 Å². The maximum atomic E-state index is 12.9. The molecule has 3 rings (SSSR count). The number of rotatable bonds is 6. The SMILES string of the molecule is CCN(c1ccccc1)S(=O)(=O)c1ccc(NC2CCN(C)C2=O)nc1. The Morgan fingerprint density at radius 1 is 1.23 bits per heavy atom. The summed E-state index contributed by atoms with van der Waals surface area (Å²) in [5, 5.41) is 3.06. The van der Waals surface area contributed by atoms with E-state index in [1.54, 1.807) is 49.2 Å². The molecule has 1 fully saturated rings. The third-order valence-corrected chi connectivity index (χ3v) is 6.29. The number of para-hydroxylation sites is 1. The van der Waals surface area contributed by atoms with Crippen LogP contribution in [0.3, 0.4) is 0 Å². The van der Waals surface area contributed by atoms with Gasteiger partial charge in [-0.05, 0) is 37.6 Å². The molecule has 7 nitrogen and oxygen atoms in total. The summed E-state index contributed by atoms with van der Waals surface area (Å²) in [5.41, 5.74) is 0.608. The van der Waals surface area contributed by atoms with E-state index in [1.807, 2.05) is 6.07 Å². The van der Waals surface area contributed by atoms with Gasteiger partial charge in [0.1, 0.15) is 16.8 Å². The number of carbonyl (C=O) groups is 1. The Morgan fingerprint density at radius 3 is 2.50 bits per heavy atom. The third-order valence-electron chi connectivity index (χ3n) is 4.41. The molecule has 1 unspecified atom stereocenters. The van der Waals surface area contributed by atoms with E-state index in [9.17, 15) is 13.2 Å². The van der Waals surface area contributed by atoms with Crippen molar-refractivity contribution in [1.82, 2.24) is 9.88 Å². The van der Waals surface area contributed by atoms with Crippen LogP contribution >= 0.6 is 0 Å². The van der Waals surface area contributed by atoms with Gasteiger partial charge in [-0.1, -0.05) is 18.2 Å². The van der Waals surface area contributed by atoms with Crippen molar-refractivity contribution in [3.63, 3.8) is 0 Å². The molecule has 1 saturated heterocycles. The number of sulfonamides is 1. The smallest absolute Gasteiger partial charge is 0.265 e. The van der Waals surface area contributed by atoms with Crippen LogP contribution in [0.15, 0.2) is 53.6 Å². The number of likely N-dealkylation sites (N-methyl/N-ethyl adjacent to an activating group) is 1. The van der Waals surface area contributed by atoms with Gasteiger partial charge in [-0.25, -0.2) is 13.4 Å². The molecule has 26 heavy (non-hydrogen) atoms. The number of carbonyl (C=O) groups excluding carboxylic acids is 1. The lowest BCUT2D eigenvalue weighted by atomic mass is 10.2. The van der Waals surface area contributed by atoms with Crippen LogP contribution in [-0.4, -0.2) is 50.4 Å². The van der Waals surface area contributed by atoms with E-state index in [1.165, 1.54) is 16.6 Å². The van der Waals surface area contributed by atoms with Crippen LogP contribution in [0.2, 0.25) is 0 Å². The second-order valence-electron chi connectivity index (χ2n) is 6.13. The molecule has 0 spiro atoms. The molecule has 1 aromatic carbocycles. The highest BCUT2D eigenvalue weighted by molar-refractivity contribution is 7.92. The van der Waals surface area contributed by atoms with Crippen LogP contribution in [0.25, 0.3) is 0 Å². The molecule has 8 heteroatoms. The second-order valence-corrected chi connectivity index (χ2v) is 7.99. The van der Waals surface area contributed by atoms with Gasteiger partial charge in [0.05, 0.1) is 5.69 Å². The molecule has 138 valence electrons. The summed E-state index contributed by atoms with van der Waals surface area (Å²) in [7, 11) is -1.94. The third kappa shape index (κ3) is 3.50. The first-order valence-electron chi connectivity index (χ1n) is 8.49. The van der Waals surface area contributed by atoms with Gasteiger partial charge in [-0.3, -0.25) is 9.10 Å². The van der Waals surface area contributed by atoms with Gasteiger partial charge < -0.3 is 10.2 Å². The summed E-state index contributed by atoms with van der Waals surface area (Å²) in [6, 6.07) is 11.7. The van der Waals surface area contributed by atoms with Gasteiger partial charge in [0.2, 0.25) is 5.91 Å². The highest BCUT2D eigenvalue weighted by Gasteiger charge is 2.29. The van der Waals surface area contributed by atoms with E-state index in [4.69, 9.17) is 0 Å². The maximum absolute atomic E-state index is 12.9. The minimum Gasteiger partial charge on any atom is -0.358 e. The van der Waals surface area contributed by atoms with Crippen molar-refractivity contribution in [2.45, 2.75) is 24.3 Å². The lowest BCUT2D eigenvalue weighted by molar-refractivity contribution is -0.127. The Hall–Kier alpha value is -2.61. The normalized spacial score (nSPS) is 17.4. The van der Waals surface area contributed by atoms with Gasteiger partial charge in [0.25, 0.3) is 10.0 Å². The van der Waals surface area contributed by atoms with Crippen LogP contribution in [0.1, 0.15) is 13.3 Å². The molecule has 1 aliphatic rings. The van der Waals surface area contributed by atoms with Crippen LogP contribution in [0, 0.1) is 0 Å². The second kappa shape index (κ2) is 7.33. The molecular weight excluding hydrogens is 352 g/mol. The van der Waals surface area contributed by atoms with E-state index in [0.29, 0.717) is 31.0 Å². The Balaban J connectivity index is 1.80. The Labute approximate surface area is 153 Å². The summed E-state index contributed by atoms with van der Waals surface area (Å²) < 4.78 is 27.2. The quantitative estimate of drug-likeness (QED) is 0.836. The van der Waals surface area contributed by atoms with Gasteiger partial charge in [-0.15, -0.1) is 0 Å². The number of amides is 1. The van der Waals surface area contributed by atoms with Crippen molar-refractivity contribution < 1.29 is 13.2 Å². The summed E-state index contributed by atoms with van der Waals surface area (Å²) in [6.07, 6.45) is 2.03. The van der Waals surface area contributed by atoms with E-state index < -0.39 is 10.0 Å². The number of nitrogens with zero attached hydrogens (tertiary/aromatic N) is 3. The molecule has 1 aromatic heterocycles. The first kappa shape index (κ1) is 18.2. The van der Waals surface area contributed by atoms with Crippen molar-refractivity contribution in [2.24, 2.45) is 0 Å². The molecule has 1 atom stereocenters. The molecule has 1 aliphatic heterocycles. The van der Waals surface area contributed by atoms with E-state index in [2.05, 4.69) is 10.3 Å². The molecular formula is C18H22N4O3S. The van der Waals surface area contributed by atoms with Gasteiger partial charge in [-0.2, -0.15) is 0 Å². The van der Waals surface area contributed by atoms with E-state index in [0.717, 1.165) is 0 Å². The molecule has 2 heterocycles. The average molecular weight is 374 g/mol. The number of pyridine rings is 1. The molecule has 2 aromatic rings. The van der Waals surface area contributed by atoms with Crippen molar-refractivity contribution in [3.05, 3.63) is 48.7 Å². The average Bonchev–Trinajstić information content (AvgIpc) is 2.95. The van der Waals surface area contributed by atoms with Crippen LogP contribution in [0.4, 0.5) is 11.5 Å². The fourth-order valence-corrected chi connectivity index (χ4v) is 4.39. The van der Waals surface area contributed by atoms with Crippen molar-refractivity contribution >= 4 is 27.4 Å². The monoisotopic (exact) mass is 374 g/mol. The van der Waals surface area contributed by atoms with Gasteiger partial charge in [0.15, 0.2) is 0 Å². The standard InChI is InChI=1S/C18H22N4O3S/c1-3-22(14-7-5-4-6-8-14)26(24,25)15-9-10-17(19-13-15)20-16-11-12-21(2)18(16)23/h4-10,13,16H,3,11-12H2,1-2H3,(H,19,20). The Kier molecular flexibility index (Phi) is 5.13. The molecule has 1 amide bonds. The number of benzene rings is 1. The van der Waals surface area contributed by atoms with Crippen LogP contribution in [0.5, 0.6) is 0 Å². The molecule has 0 saturated carbocycles. The first-order chi connectivity index (χ1) is 12.4. The molecule has 1 N–H and O–H groups in total. The zero-order valence-electron chi connectivity index (χ0n) is 14.8. The minimum atomic E-state index is -3.70. The minimum absolute atomic E-state index is 0.0183. The maximum Gasteiger partial charge on any atom is 0.265 e. The van der Waals surface area contributed by atoms with E-state index in [-0.39, 0.29) is 16.8 Å². The van der Waals surface area contributed by atoms with Crippen molar-refractivity contribution in [1.29, 1.82) is 0 Å². The number of hydrogen-bond acceptors (Lipinski definition) is 5. The fraction of sp³-hybridized carbons (Fsp3) is 0.333. The Morgan fingerprint density at radius 2 is 1.96 bits per heavy atom. The highest BCUT2D eigenvalue weighted by Crippen LogP contribution is 2.23. The lowest BCUT2D eigenvalue weighted by Crippen LogP contribution is -2.32. The van der Waals surface area contributed by atoms with Gasteiger partial charge >= 0.3 is 0 Å². The highest BCUT2D eigenvalue weighted by atomic mass is 32.2. The predicted octanol–water partition coefficient (Wildman–Crippen LogP) is 1.94. The van der Waals surface area contributed by atoms with Gasteiger partial charge in [0, 0.05) is 26.3 Å². The number of likely N-dealkylation sites (tertiary alicyclic amines) is 1. The van der Waals surface area contributed by atoms with Crippen molar-refractivity contribution in [2.75, 3.05) is 29.8 Å². The first-order valence-corrected chi connectivity index (χ1v) is 9.93. The Bertz CT molecular complexity index is 869. The summed E-state index contributed by atoms with van der Waals surface area (Å²) in [5.74, 6) is 0.505. The topological polar surface area (TPSA) is 82.6 Å². The summed E-state index contributed by atoms with van der Waals surface area (Å²) in [4.78, 5) is 17.9. The zero-order valence-corrected chi connectivity index (χ0v) is 15.6.